The van der Waals surface area contributed by atoms with E-state index in [1.807, 2.05) is 0 Å². The van der Waals surface area contributed by atoms with Crippen molar-refractivity contribution in [2.24, 2.45) is 0 Å². The molecule has 0 amide bonds. The number of hydrogen-bond acceptors (Lipinski definition) is 16. The van der Waals surface area contributed by atoms with Crippen LogP contribution in [0.5, 0.6) is 0 Å². The van der Waals surface area contributed by atoms with Gasteiger partial charge in [0.1, 0.15) is 0 Å². The van der Waals surface area contributed by atoms with Crippen LogP contribution in [-0.4, -0.2) is 130 Å². The fourth-order valence-electron chi connectivity index (χ4n) is 0. The average molecular weight is 849 g/mol. The predicted octanol–water partition coefficient (Wildman–Crippen LogP) is -5.92. The Kier molecular flexibility index (Phi) is 35.0. The summed E-state index contributed by atoms with van der Waals surface area (Å²) in [5, 5.41) is 0. The Balaban J connectivity index is -0.0000000488. The Morgan fingerprint density at radius 3 is 0.250 bits per heavy atom. The molecule has 0 aromatic carbocycles. The molecule has 256 valence electrons. The fourth-order valence-corrected chi connectivity index (χ4v) is 0. The maximum absolute atomic E-state index is 8.85. The van der Waals surface area contributed by atoms with Crippen molar-refractivity contribution >= 4 is 72.8 Å². The first-order valence-electron chi connectivity index (χ1n) is 5.59. The zero-order chi connectivity index (χ0) is 36.0. The topological polar surface area (TPSA) is 597 Å². The summed E-state index contributed by atoms with van der Waals surface area (Å²) >= 11 is -5.52. The van der Waals surface area contributed by atoms with Gasteiger partial charge < -0.3 is 0 Å². The second kappa shape index (κ2) is 23.8. The van der Waals surface area contributed by atoms with E-state index in [2.05, 4.69) is 0 Å². The van der Waals surface area contributed by atoms with E-state index in [0.717, 1.165) is 0 Å². The van der Waals surface area contributed by atoms with E-state index in [9.17, 15) is 0 Å². The molecule has 0 aliphatic carbocycles. The molecule has 0 radical (unpaired) electrons. The third-order valence-electron chi connectivity index (χ3n) is 0. The first-order chi connectivity index (χ1) is 16.0. The molecule has 0 heterocycles. The van der Waals surface area contributed by atoms with Gasteiger partial charge in [-0.2, -0.15) is 58.9 Å². The van der Waals surface area contributed by atoms with Gasteiger partial charge >= 0.3 is 104 Å². The fraction of sp³-hybridized carbons (Fsp3) is 0. The minimum absolute atomic E-state index is 4.67. The molecular weight excluding hydrogens is 832 g/mol. The quantitative estimate of drug-likeness (QED) is 0.0797. The van der Waals surface area contributed by atoms with E-state index in [0.29, 0.717) is 0 Å². The Labute approximate surface area is 225 Å². The molecule has 0 aliphatic rings. The first-order valence-corrected chi connectivity index (χ1v) is 18.8. The van der Waals surface area contributed by atoms with Gasteiger partial charge in [-0.3, -0.25) is 63.7 Å². The summed E-state index contributed by atoms with van der Waals surface area (Å²) in [5.74, 6) is 0. The van der Waals surface area contributed by atoms with Crippen molar-refractivity contribution in [2.75, 3.05) is 0 Å². The van der Waals surface area contributed by atoms with Gasteiger partial charge in [-0.05, 0) is 0 Å². The van der Waals surface area contributed by atoms with Crippen LogP contribution in [-0.2, 0) is 96.3 Å². The van der Waals surface area contributed by atoms with Crippen molar-refractivity contribution in [2.45, 2.75) is 0 Å². The van der Waals surface area contributed by atoms with Gasteiger partial charge in [0.15, 0.2) is 0 Å². The SMILES string of the molecule is O=S(=O)(O)O.O=S(=O)(O)O.O=S(=O)(O)O.O=S(=O)(O)O.O=S(=O)(O)O.O=S(=O)(O)O.O=S(=O)(O)O.[O]=[Mo](=[O])([OH])[OH]. The third kappa shape index (κ3) is 99800. The molecule has 0 aromatic heterocycles. The summed E-state index contributed by atoms with van der Waals surface area (Å²) in [7, 11) is -32.7. The second-order valence-corrected chi connectivity index (χ2v) is 12.1. The summed E-state index contributed by atoms with van der Waals surface area (Å²) in [5.41, 5.74) is 0. The van der Waals surface area contributed by atoms with Gasteiger partial charge in [0.2, 0.25) is 0 Å². The molecule has 0 rings (SSSR count). The molecule has 40 heavy (non-hydrogen) atoms. The average Bonchev–Trinajstić information content (AvgIpc) is 2.16. The standard InChI is InChI=1S/Mo.7H2O4S.2H2O.2O/c;7*1-5(2,3)4;;;;/h;7*(H2,1,2,3,4);2*1H2;;/q+2;;;;;;;;;;;/p-2. The van der Waals surface area contributed by atoms with Crippen LogP contribution in [0.2, 0.25) is 0 Å². The maximum atomic E-state index is 8.85. The van der Waals surface area contributed by atoms with Gasteiger partial charge in [0.25, 0.3) is 0 Å². The van der Waals surface area contributed by atoms with Crippen LogP contribution in [0.3, 0.4) is 0 Å². The summed E-state index contributed by atoms with van der Waals surface area (Å²) in [6.07, 6.45) is 0. The van der Waals surface area contributed by atoms with Gasteiger partial charge in [0.05, 0.1) is 0 Å². The van der Waals surface area contributed by atoms with Crippen LogP contribution >= 0.6 is 0 Å². The first kappa shape index (κ1) is 58.8. The summed E-state index contributed by atoms with van der Waals surface area (Å²) in [6.45, 7) is 0. The van der Waals surface area contributed by atoms with Crippen LogP contribution in [0, 0.1) is 0 Å². The second-order valence-electron chi connectivity index (χ2n) is 3.58. The van der Waals surface area contributed by atoms with Crippen molar-refractivity contribution in [3.8, 4) is 0 Å². The monoisotopic (exact) mass is 850 g/mol. The van der Waals surface area contributed by atoms with Crippen molar-refractivity contribution in [3.63, 3.8) is 0 Å². The van der Waals surface area contributed by atoms with Crippen LogP contribution in [0.4, 0.5) is 0 Å². The molecule has 0 aliphatic heterocycles. The summed E-state index contributed by atoms with van der Waals surface area (Å²) in [4.78, 5) is 0. The molecule has 32 nitrogen and oxygen atoms in total. The number of rotatable bonds is 0. The molecule has 0 aromatic rings. The molecule has 0 saturated carbocycles. The van der Waals surface area contributed by atoms with Crippen LogP contribution in [0.1, 0.15) is 0 Å². The zero-order valence-corrected chi connectivity index (χ0v) is 24.7. The van der Waals surface area contributed by atoms with Crippen LogP contribution in [0.15, 0.2) is 0 Å². The minimum atomic E-state index is -5.52. The van der Waals surface area contributed by atoms with Crippen LogP contribution < -0.4 is 0 Å². The van der Waals surface area contributed by atoms with E-state index in [1.165, 1.54) is 0 Å². The molecule has 0 saturated heterocycles. The van der Waals surface area contributed by atoms with E-state index >= 15 is 0 Å². The van der Waals surface area contributed by atoms with E-state index in [1.54, 1.807) is 0 Å². The van der Waals surface area contributed by atoms with Crippen molar-refractivity contribution in [1.82, 2.24) is 0 Å². The Morgan fingerprint density at radius 1 is 0.250 bits per heavy atom. The number of hydrogen-bond donors (Lipinski definition) is 16. The summed E-state index contributed by atoms with van der Waals surface area (Å²) in [6, 6.07) is 0. The van der Waals surface area contributed by atoms with E-state index in [-0.39, 0.29) is 0 Å². The molecule has 0 atom stereocenters. The molecule has 0 spiro atoms. The van der Waals surface area contributed by atoms with E-state index in [4.69, 9.17) is 137 Å². The van der Waals surface area contributed by atoms with Crippen LogP contribution in [0.25, 0.3) is 0 Å². The van der Waals surface area contributed by atoms with Gasteiger partial charge in [-0.15, -0.1) is 0 Å². The van der Waals surface area contributed by atoms with Gasteiger partial charge in [-0.25, -0.2) is 0 Å². The molecule has 0 fully saturated rings. The van der Waals surface area contributed by atoms with Crippen molar-refractivity contribution in [3.05, 3.63) is 0 Å². The van der Waals surface area contributed by atoms with Gasteiger partial charge in [-0.1, -0.05) is 0 Å². The molecule has 40 heteroatoms. The molecule has 16 N–H and O–H groups in total. The molecular formula is H16MoO32S7. The Hall–Kier alpha value is -0.702. The van der Waals surface area contributed by atoms with Crippen molar-refractivity contribution in [1.29, 1.82) is 0 Å². The Morgan fingerprint density at radius 2 is 0.250 bits per heavy atom. The molecule has 0 bridgehead atoms. The van der Waals surface area contributed by atoms with E-state index < -0.39 is 89.5 Å². The Bertz CT molecular complexity index is 1060. The normalized spacial score (nSPS) is 11.6. The third-order valence-corrected chi connectivity index (χ3v) is 0. The predicted molar refractivity (Wildman–Crippen MR) is 105 cm³/mol. The molecule has 0 unspecified atom stereocenters. The van der Waals surface area contributed by atoms with Crippen molar-refractivity contribution < 1.29 is 154 Å². The van der Waals surface area contributed by atoms with Gasteiger partial charge in [0, 0.05) is 0 Å². The zero-order valence-electron chi connectivity index (χ0n) is 17.0. The summed E-state index contributed by atoms with van der Waals surface area (Å²) < 4.78 is 253.